The normalized spacial score (nSPS) is 11.5. The molecule has 2 amide bonds. The van der Waals surface area contributed by atoms with Gasteiger partial charge in [0.2, 0.25) is 5.91 Å². The van der Waals surface area contributed by atoms with Crippen LogP contribution in [0.5, 0.6) is 0 Å². The quantitative estimate of drug-likeness (QED) is 0.193. The number of aryl methyl sites for hydroxylation is 1. The van der Waals surface area contributed by atoms with Gasteiger partial charge in [-0.2, -0.15) is 0 Å². The number of nitrogens with zero attached hydrogens (tertiary/aromatic N) is 2. The van der Waals surface area contributed by atoms with Crippen molar-refractivity contribution in [3.05, 3.63) is 89.3 Å². The summed E-state index contributed by atoms with van der Waals surface area (Å²) in [5, 5.41) is 5.88. The van der Waals surface area contributed by atoms with Crippen molar-refractivity contribution < 1.29 is 13.8 Å². The van der Waals surface area contributed by atoms with Crippen molar-refractivity contribution in [3.8, 4) is 10.4 Å². The average molecular weight is 542 g/mol. The Morgan fingerprint density at radius 3 is 2.42 bits per heavy atom. The summed E-state index contributed by atoms with van der Waals surface area (Å²) >= 11 is 7.56. The van der Waals surface area contributed by atoms with Gasteiger partial charge in [-0.15, -0.1) is 0 Å². The highest BCUT2D eigenvalue weighted by atomic mass is 35.5. The lowest BCUT2D eigenvalue weighted by molar-refractivity contribution is -0.115. The Labute approximate surface area is 218 Å². The lowest BCUT2D eigenvalue weighted by atomic mass is 10.2. The molecular formula is C25H24ClN5O3S2. The van der Waals surface area contributed by atoms with Gasteiger partial charge in [0, 0.05) is 28.5 Å². The number of thiol groups is 1. The summed E-state index contributed by atoms with van der Waals surface area (Å²) in [6.45, 7) is 1.62. The van der Waals surface area contributed by atoms with Crippen molar-refractivity contribution in [2.24, 2.45) is 0 Å². The molecule has 8 nitrogen and oxygen atoms in total. The van der Waals surface area contributed by atoms with Crippen LogP contribution < -0.4 is 15.4 Å². The van der Waals surface area contributed by atoms with Gasteiger partial charge >= 0.3 is 0 Å². The van der Waals surface area contributed by atoms with Crippen LogP contribution in [0.25, 0.3) is 10.4 Å². The van der Waals surface area contributed by atoms with Crippen LogP contribution in [-0.2, 0) is 14.9 Å². The Bertz CT molecular complexity index is 1440. The fourth-order valence-electron chi connectivity index (χ4n) is 3.39. The number of benzene rings is 2. The highest BCUT2D eigenvalue weighted by Gasteiger charge is 2.17. The van der Waals surface area contributed by atoms with Crippen molar-refractivity contribution in [3.63, 3.8) is 0 Å². The van der Waals surface area contributed by atoms with Crippen LogP contribution in [0.2, 0.25) is 5.15 Å². The lowest BCUT2D eigenvalue weighted by Crippen LogP contribution is -2.32. The zero-order valence-electron chi connectivity index (χ0n) is 19.5. The molecule has 2 heterocycles. The van der Waals surface area contributed by atoms with Gasteiger partial charge in [0.05, 0.1) is 22.8 Å². The molecule has 0 aliphatic carbocycles. The molecule has 0 radical (unpaired) electrons. The van der Waals surface area contributed by atoms with E-state index in [1.807, 2.05) is 31.2 Å². The van der Waals surface area contributed by atoms with Crippen LogP contribution in [0.3, 0.4) is 0 Å². The largest absolute Gasteiger partial charge is 0.343 e. The zero-order chi connectivity index (χ0) is 25.7. The van der Waals surface area contributed by atoms with E-state index in [-0.39, 0.29) is 17.6 Å². The van der Waals surface area contributed by atoms with E-state index in [2.05, 4.69) is 25.3 Å². The minimum Gasteiger partial charge on any atom is -0.343 e. The Morgan fingerprint density at radius 2 is 1.72 bits per heavy atom. The maximum atomic E-state index is 13.3. The molecule has 0 fully saturated rings. The topological polar surface area (TPSA) is 113 Å². The third-order valence-corrected chi connectivity index (χ3v) is 8.55. The number of halogens is 1. The molecule has 0 aliphatic rings. The van der Waals surface area contributed by atoms with Crippen molar-refractivity contribution in [2.75, 3.05) is 22.8 Å². The molecule has 2 aromatic carbocycles. The second-order valence-corrected chi connectivity index (χ2v) is 11.9. The summed E-state index contributed by atoms with van der Waals surface area (Å²) in [5.41, 5.74) is 2.30. The van der Waals surface area contributed by atoms with Gasteiger partial charge in [0.15, 0.2) is 10.3 Å². The van der Waals surface area contributed by atoms with E-state index in [1.54, 1.807) is 54.9 Å². The van der Waals surface area contributed by atoms with Gasteiger partial charge in [-0.05, 0) is 47.4 Å². The van der Waals surface area contributed by atoms with E-state index < -0.39 is 16.0 Å². The van der Waals surface area contributed by atoms with Crippen LogP contribution in [0, 0.1) is 6.92 Å². The molecule has 11 heteroatoms. The molecule has 0 bridgehead atoms. The minimum absolute atomic E-state index is 0.191. The number of thiazole rings is 1. The van der Waals surface area contributed by atoms with Crippen molar-refractivity contribution in [2.45, 2.75) is 11.8 Å². The van der Waals surface area contributed by atoms with E-state index in [9.17, 15) is 13.8 Å². The molecule has 0 atom stereocenters. The first kappa shape index (κ1) is 25.5. The smallest absolute Gasteiger partial charge is 0.251 e. The number of amides is 2. The number of carbonyl (C=O) groups excluding carboxylic acids is 2. The minimum atomic E-state index is -2.95. The van der Waals surface area contributed by atoms with Gasteiger partial charge in [0.1, 0.15) is 0 Å². The van der Waals surface area contributed by atoms with Crippen LogP contribution in [0.15, 0.2) is 77.8 Å². The van der Waals surface area contributed by atoms with Crippen LogP contribution >= 0.6 is 22.9 Å². The molecule has 3 N–H and O–H groups in total. The van der Waals surface area contributed by atoms with Crippen LogP contribution in [-0.4, -0.2) is 38.8 Å². The highest BCUT2D eigenvalue weighted by molar-refractivity contribution is 8.03. The number of anilines is 2. The van der Waals surface area contributed by atoms with E-state index in [1.165, 1.54) is 11.3 Å². The first-order valence-electron chi connectivity index (χ1n) is 10.9. The van der Waals surface area contributed by atoms with Crippen LogP contribution in [0.4, 0.5) is 10.8 Å². The summed E-state index contributed by atoms with van der Waals surface area (Å²) in [6, 6.07) is 19.5. The summed E-state index contributed by atoms with van der Waals surface area (Å²) in [7, 11) is -2.95. The zero-order valence-corrected chi connectivity index (χ0v) is 22.0. The highest BCUT2D eigenvalue weighted by Crippen LogP contribution is 2.36. The van der Waals surface area contributed by atoms with E-state index in [0.717, 1.165) is 4.88 Å². The monoisotopic (exact) mass is 541 g/mol. The van der Waals surface area contributed by atoms with Crippen LogP contribution in [0.1, 0.15) is 16.1 Å². The number of nitrogens with one attached hydrogen (secondary N) is 3. The van der Waals surface area contributed by atoms with Gasteiger partial charge < -0.3 is 15.4 Å². The fraction of sp³-hybridized carbons (Fsp3) is 0.120. The van der Waals surface area contributed by atoms with Gasteiger partial charge in [-0.25, -0.2) is 9.97 Å². The molecule has 36 heavy (non-hydrogen) atoms. The number of rotatable bonds is 8. The second-order valence-electron chi connectivity index (χ2n) is 7.96. The molecular weight excluding hydrogens is 518 g/mol. The summed E-state index contributed by atoms with van der Waals surface area (Å²) in [6.07, 6.45) is 3.23. The molecule has 0 spiro atoms. The Kier molecular flexibility index (Phi) is 7.78. The molecule has 0 unspecified atom stereocenters. The van der Waals surface area contributed by atoms with Crippen molar-refractivity contribution in [1.29, 1.82) is 0 Å². The number of pyridine rings is 1. The third kappa shape index (κ3) is 6.14. The third-order valence-electron chi connectivity index (χ3n) is 5.17. The Morgan fingerprint density at radius 1 is 1.06 bits per heavy atom. The molecule has 0 saturated heterocycles. The molecule has 186 valence electrons. The molecule has 0 saturated carbocycles. The van der Waals surface area contributed by atoms with E-state index in [0.29, 0.717) is 32.5 Å². The molecule has 4 rings (SSSR count). The Hall–Kier alpha value is -3.60. The summed E-state index contributed by atoms with van der Waals surface area (Å²) < 4.78 is 16.3. The molecule has 0 aliphatic heterocycles. The standard InChI is InChI=1S/C25H24ClN5O3S2/c1-16-22(35-25(29-16)30-21(32)15-28-24(33)17-9-5-3-6-10-17)18-13-20(23(26)27-14-18)31-36(2,34)19-11-7-4-8-12-19/h3-14,36H,15H2,1-2H3,(H,28,33)(H,31,34)(H,29,30,32). The average Bonchev–Trinajstić information content (AvgIpc) is 3.24. The summed E-state index contributed by atoms with van der Waals surface area (Å²) in [5.74, 6) is -0.733. The van der Waals surface area contributed by atoms with E-state index in [4.69, 9.17) is 11.6 Å². The number of aromatic nitrogens is 2. The Balaban J connectivity index is 1.46. The lowest BCUT2D eigenvalue weighted by Gasteiger charge is -2.23. The predicted octanol–water partition coefficient (Wildman–Crippen LogP) is 4.57. The maximum Gasteiger partial charge on any atom is 0.251 e. The molecule has 2 aromatic heterocycles. The van der Waals surface area contributed by atoms with Crippen molar-refractivity contribution >= 4 is 55.7 Å². The van der Waals surface area contributed by atoms with Gasteiger partial charge in [-0.1, -0.05) is 59.3 Å². The molecule has 4 aromatic rings. The maximum absolute atomic E-state index is 13.3. The first-order valence-corrected chi connectivity index (χ1v) is 14.3. The predicted molar refractivity (Wildman–Crippen MR) is 146 cm³/mol. The van der Waals surface area contributed by atoms with Gasteiger partial charge in [0.25, 0.3) is 5.91 Å². The van der Waals surface area contributed by atoms with E-state index >= 15 is 0 Å². The first-order chi connectivity index (χ1) is 17.2. The fourth-order valence-corrected chi connectivity index (χ4v) is 6.07. The number of carbonyl (C=O) groups is 2. The van der Waals surface area contributed by atoms with Crippen molar-refractivity contribution in [1.82, 2.24) is 15.3 Å². The number of hydrogen-bond donors (Lipinski definition) is 4. The number of hydrogen-bond acceptors (Lipinski definition) is 6. The SMILES string of the molecule is Cc1nc(NC(=O)CNC(=O)c2ccccc2)sc1-c1cnc(Cl)c(N[SH](C)(=O)c2ccccc2)c1. The van der Waals surface area contributed by atoms with Gasteiger partial charge in [-0.3, -0.25) is 13.8 Å². The summed E-state index contributed by atoms with van der Waals surface area (Å²) in [4.78, 5) is 34.6. The second kappa shape index (κ2) is 11.0.